The smallest absolute Gasteiger partial charge is 0.323 e. The molecule has 0 aromatic rings. The van der Waals surface area contributed by atoms with E-state index in [1.165, 1.54) is 12.8 Å². The van der Waals surface area contributed by atoms with Crippen LogP contribution in [0.2, 0.25) is 0 Å². The monoisotopic (exact) mass is 244 g/mol. The summed E-state index contributed by atoms with van der Waals surface area (Å²) in [6.45, 7) is 6.17. The molecule has 0 aliphatic carbocycles. The fraction of sp³-hybridized carbons (Fsp3) is 0.923. The first kappa shape index (κ1) is 16.4. The third-order valence-electron chi connectivity index (χ3n) is 3.53. The zero-order valence-corrected chi connectivity index (χ0v) is 11.8. The molecule has 0 amide bonds. The van der Waals surface area contributed by atoms with Gasteiger partial charge in [-0.15, -0.1) is 0 Å². The normalized spacial score (nSPS) is 14.9. The fourth-order valence-electron chi connectivity index (χ4n) is 2.03. The second kappa shape index (κ2) is 8.48. The average molecular weight is 244 g/mol. The molecular weight excluding hydrogens is 216 g/mol. The molecule has 0 spiro atoms. The van der Waals surface area contributed by atoms with Crippen LogP contribution in [0.3, 0.4) is 0 Å². The Hall–Kier alpha value is -0.610. The molecule has 0 aromatic carbocycles. The second-order valence-corrected chi connectivity index (χ2v) is 4.75. The van der Waals surface area contributed by atoms with Crippen molar-refractivity contribution in [2.24, 2.45) is 0 Å². The molecule has 17 heavy (non-hydrogen) atoms. The van der Waals surface area contributed by atoms with Crippen molar-refractivity contribution in [1.82, 2.24) is 10.2 Å². The van der Waals surface area contributed by atoms with Crippen LogP contribution in [0.15, 0.2) is 0 Å². The van der Waals surface area contributed by atoms with Crippen molar-refractivity contribution >= 4 is 5.97 Å². The van der Waals surface area contributed by atoms with Crippen LogP contribution >= 0.6 is 0 Å². The summed E-state index contributed by atoms with van der Waals surface area (Å²) in [5, 5.41) is 12.2. The molecule has 102 valence electrons. The SMILES string of the molecule is CCCCN(C)CCCC(CC)(NC)C(=O)O. The zero-order valence-electron chi connectivity index (χ0n) is 11.8. The van der Waals surface area contributed by atoms with E-state index >= 15 is 0 Å². The highest BCUT2D eigenvalue weighted by molar-refractivity contribution is 5.78. The van der Waals surface area contributed by atoms with Gasteiger partial charge in [-0.3, -0.25) is 4.79 Å². The lowest BCUT2D eigenvalue weighted by Crippen LogP contribution is -2.50. The van der Waals surface area contributed by atoms with Gasteiger partial charge >= 0.3 is 5.97 Å². The number of hydrogen-bond acceptors (Lipinski definition) is 3. The summed E-state index contributed by atoms with van der Waals surface area (Å²) in [5.41, 5.74) is -0.744. The summed E-state index contributed by atoms with van der Waals surface area (Å²) in [5.74, 6) is -0.737. The first-order valence-electron chi connectivity index (χ1n) is 6.63. The van der Waals surface area contributed by atoms with E-state index in [9.17, 15) is 9.90 Å². The second-order valence-electron chi connectivity index (χ2n) is 4.75. The number of nitrogens with one attached hydrogen (secondary N) is 1. The van der Waals surface area contributed by atoms with E-state index in [0.717, 1.165) is 19.5 Å². The van der Waals surface area contributed by atoms with Gasteiger partial charge in [0, 0.05) is 0 Å². The van der Waals surface area contributed by atoms with Crippen molar-refractivity contribution in [2.45, 2.75) is 51.5 Å². The molecule has 0 saturated carbocycles. The Bertz CT molecular complexity index is 215. The largest absolute Gasteiger partial charge is 0.480 e. The van der Waals surface area contributed by atoms with Crippen LogP contribution in [0.5, 0.6) is 0 Å². The zero-order chi connectivity index (χ0) is 13.3. The summed E-state index contributed by atoms with van der Waals surface area (Å²) in [6.07, 6.45) is 4.64. The lowest BCUT2D eigenvalue weighted by atomic mass is 9.90. The van der Waals surface area contributed by atoms with E-state index in [0.29, 0.717) is 12.8 Å². The molecule has 1 unspecified atom stereocenters. The number of carbonyl (C=O) groups is 1. The predicted molar refractivity (Wildman–Crippen MR) is 71.4 cm³/mol. The number of rotatable bonds is 10. The van der Waals surface area contributed by atoms with Gasteiger partial charge in [-0.25, -0.2) is 0 Å². The van der Waals surface area contributed by atoms with E-state index in [-0.39, 0.29) is 0 Å². The number of nitrogens with zero attached hydrogens (tertiary/aromatic N) is 1. The number of hydrogen-bond donors (Lipinski definition) is 2. The fourth-order valence-corrected chi connectivity index (χ4v) is 2.03. The van der Waals surface area contributed by atoms with Gasteiger partial charge in [0.15, 0.2) is 0 Å². The Labute approximate surface area is 105 Å². The summed E-state index contributed by atoms with van der Waals surface area (Å²) in [6, 6.07) is 0. The number of carboxylic acid groups (broad SMARTS) is 1. The number of likely N-dealkylation sites (N-methyl/N-ethyl adjacent to an activating group) is 1. The minimum atomic E-state index is -0.744. The van der Waals surface area contributed by atoms with Gasteiger partial charge in [0.1, 0.15) is 5.54 Å². The molecule has 0 fully saturated rings. The molecule has 0 rings (SSSR count). The highest BCUT2D eigenvalue weighted by atomic mass is 16.4. The van der Waals surface area contributed by atoms with Gasteiger partial charge in [-0.1, -0.05) is 20.3 Å². The van der Waals surface area contributed by atoms with Crippen LogP contribution in [0.25, 0.3) is 0 Å². The van der Waals surface area contributed by atoms with E-state index in [2.05, 4.69) is 24.2 Å². The molecule has 0 heterocycles. The van der Waals surface area contributed by atoms with Crippen LogP contribution < -0.4 is 5.32 Å². The standard InChI is InChI=1S/C13H28N2O2/c1-5-7-10-15(4)11-8-9-13(6-2,14-3)12(16)17/h14H,5-11H2,1-4H3,(H,16,17). The van der Waals surface area contributed by atoms with Crippen LogP contribution in [0.1, 0.15) is 46.0 Å². The lowest BCUT2D eigenvalue weighted by Gasteiger charge is -2.28. The van der Waals surface area contributed by atoms with Gasteiger partial charge in [-0.2, -0.15) is 0 Å². The van der Waals surface area contributed by atoms with Gasteiger partial charge in [-0.05, 0) is 52.9 Å². The first-order valence-corrected chi connectivity index (χ1v) is 6.63. The first-order chi connectivity index (χ1) is 8.02. The third kappa shape index (κ3) is 5.50. The van der Waals surface area contributed by atoms with Crippen molar-refractivity contribution < 1.29 is 9.90 Å². The van der Waals surface area contributed by atoms with E-state index < -0.39 is 11.5 Å². The summed E-state index contributed by atoms with van der Waals surface area (Å²) in [7, 11) is 3.84. The molecule has 0 bridgehead atoms. The van der Waals surface area contributed by atoms with Crippen LogP contribution in [-0.4, -0.2) is 48.7 Å². The van der Waals surface area contributed by atoms with Crippen LogP contribution in [0, 0.1) is 0 Å². The number of aliphatic carboxylic acids is 1. The van der Waals surface area contributed by atoms with E-state index in [1.54, 1.807) is 7.05 Å². The molecule has 4 nitrogen and oxygen atoms in total. The number of unbranched alkanes of at least 4 members (excludes halogenated alkanes) is 1. The number of carboxylic acids is 1. The Morgan fingerprint density at radius 1 is 1.29 bits per heavy atom. The van der Waals surface area contributed by atoms with Crippen molar-refractivity contribution in [3.63, 3.8) is 0 Å². The lowest BCUT2D eigenvalue weighted by molar-refractivity contribution is -0.145. The Balaban J connectivity index is 4.02. The molecule has 0 aromatic heterocycles. The summed E-state index contributed by atoms with van der Waals surface area (Å²) < 4.78 is 0. The van der Waals surface area contributed by atoms with Crippen molar-refractivity contribution in [3.8, 4) is 0 Å². The average Bonchev–Trinajstić information content (AvgIpc) is 2.32. The maximum atomic E-state index is 11.3. The molecular formula is C13H28N2O2. The van der Waals surface area contributed by atoms with Gasteiger partial charge in [0.25, 0.3) is 0 Å². The molecule has 0 aliphatic rings. The minimum absolute atomic E-state index is 0.623. The Kier molecular flexibility index (Phi) is 8.17. The summed E-state index contributed by atoms with van der Waals surface area (Å²) in [4.78, 5) is 13.5. The van der Waals surface area contributed by atoms with E-state index in [1.807, 2.05) is 6.92 Å². The minimum Gasteiger partial charge on any atom is -0.480 e. The maximum absolute atomic E-state index is 11.3. The van der Waals surface area contributed by atoms with Gasteiger partial charge in [0.05, 0.1) is 0 Å². The van der Waals surface area contributed by atoms with Crippen LogP contribution in [-0.2, 0) is 4.79 Å². The van der Waals surface area contributed by atoms with E-state index in [4.69, 9.17) is 0 Å². The molecule has 0 radical (unpaired) electrons. The van der Waals surface area contributed by atoms with Gasteiger partial charge < -0.3 is 15.3 Å². The molecule has 2 N–H and O–H groups in total. The van der Waals surface area contributed by atoms with Crippen LogP contribution in [0.4, 0.5) is 0 Å². The maximum Gasteiger partial charge on any atom is 0.323 e. The van der Waals surface area contributed by atoms with Crippen molar-refractivity contribution in [3.05, 3.63) is 0 Å². The Morgan fingerprint density at radius 2 is 1.88 bits per heavy atom. The molecule has 4 heteroatoms. The Morgan fingerprint density at radius 3 is 2.29 bits per heavy atom. The third-order valence-corrected chi connectivity index (χ3v) is 3.53. The summed E-state index contributed by atoms with van der Waals surface area (Å²) >= 11 is 0. The molecule has 0 aliphatic heterocycles. The predicted octanol–water partition coefficient (Wildman–Crippen LogP) is 1.95. The molecule has 1 atom stereocenters. The quantitative estimate of drug-likeness (QED) is 0.617. The van der Waals surface area contributed by atoms with Gasteiger partial charge in [0.2, 0.25) is 0 Å². The highest BCUT2D eigenvalue weighted by Gasteiger charge is 2.34. The topological polar surface area (TPSA) is 52.6 Å². The van der Waals surface area contributed by atoms with Crippen molar-refractivity contribution in [2.75, 3.05) is 27.2 Å². The molecule has 0 saturated heterocycles. The highest BCUT2D eigenvalue weighted by Crippen LogP contribution is 2.17. The van der Waals surface area contributed by atoms with Crippen molar-refractivity contribution in [1.29, 1.82) is 0 Å².